The third-order valence-corrected chi connectivity index (χ3v) is 7.30. The Kier molecular flexibility index (Phi) is 8.31. The van der Waals surface area contributed by atoms with Gasteiger partial charge >= 0.3 is 5.97 Å². The summed E-state index contributed by atoms with van der Waals surface area (Å²) in [6.07, 6.45) is 3.09. The molecule has 2 heterocycles. The third-order valence-electron chi connectivity index (χ3n) is 7.07. The van der Waals surface area contributed by atoms with Gasteiger partial charge in [0.2, 0.25) is 5.91 Å². The second kappa shape index (κ2) is 11.4. The highest BCUT2D eigenvalue weighted by molar-refractivity contribution is 6.30. The van der Waals surface area contributed by atoms with Gasteiger partial charge < -0.3 is 19.5 Å². The highest BCUT2D eigenvalue weighted by Gasteiger charge is 2.46. The second-order valence-electron chi connectivity index (χ2n) is 9.21. The fraction of sp³-hybridized carbons (Fsp3) is 0.481. The summed E-state index contributed by atoms with van der Waals surface area (Å²) in [7, 11) is 1.36. The van der Waals surface area contributed by atoms with Crippen molar-refractivity contribution < 1.29 is 23.8 Å². The van der Waals surface area contributed by atoms with Crippen molar-refractivity contribution in [2.24, 2.45) is 0 Å². The number of rotatable bonds is 7. The van der Waals surface area contributed by atoms with E-state index in [4.69, 9.17) is 25.8 Å². The van der Waals surface area contributed by atoms with Gasteiger partial charge in [0.25, 0.3) is 0 Å². The molecule has 2 aliphatic heterocycles. The maximum Gasteiger partial charge on any atom is 0.337 e. The minimum Gasteiger partial charge on any atom is -0.490 e. The molecular weight excluding hydrogens is 468 g/mol. The SMILES string of the molecule is COC(=O)c1ccc(C(C)NC(=O)C2(N3CCC(Oc4cccc(Cl)c4)CC3)CCOCC2)cc1. The van der Waals surface area contributed by atoms with Crippen molar-refractivity contribution in [3.05, 3.63) is 64.7 Å². The van der Waals surface area contributed by atoms with Crippen LogP contribution in [0, 0.1) is 0 Å². The highest BCUT2D eigenvalue weighted by Crippen LogP contribution is 2.33. The first-order valence-corrected chi connectivity index (χ1v) is 12.5. The van der Waals surface area contributed by atoms with E-state index in [9.17, 15) is 9.59 Å². The quantitative estimate of drug-likeness (QED) is 0.568. The van der Waals surface area contributed by atoms with Gasteiger partial charge in [-0.15, -0.1) is 0 Å². The Bertz CT molecular complexity index is 1010. The van der Waals surface area contributed by atoms with Gasteiger partial charge in [0.05, 0.1) is 18.7 Å². The summed E-state index contributed by atoms with van der Waals surface area (Å²) in [5, 5.41) is 3.88. The van der Waals surface area contributed by atoms with Crippen LogP contribution >= 0.6 is 11.6 Å². The Morgan fingerprint density at radius 1 is 1.11 bits per heavy atom. The summed E-state index contributed by atoms with van der Waals surface area (Å²) in [5.41, 5.74) is 0.819. The normalized spacial score (nSPS) is 19.5. The number of esters is 1. The minimum atomic E-state index is -0.598. The van der Waals surface area contributed by atoms with Crippen molar-refractivity contribution in [1.29, 1.82) is 0 Å². The number of halogens is 1. The Morgan fingerprint density at radius 3 is 2.43 bits per heavy atom. The van der Waals surface area contributed by atoms with E-state index in [1.807, 2.05) is 43.3 Å². The monoisotopic (exact) mass is 500 g/mol. The van der Waals surface area contributed by atoms with Crippen molar-refractivity contribution in [2.45, 2.75) is 50.3 Å². The highest BCUT2D eigenvalue weighted by atomic mass is 35.5. The van der Waals surface area contributed by atoms with Crippen LogP contribution < -0.4 is 10.1 Å². The first kappa shape index (κ1) is 25.5. The molecule has 0 aliphatic carbocycles. The van der Waals surface area contributed by atoms with E-state index in [1.54, 1.807) is 12.1 Å². The molecule has 0 spiro atoms. The van der Waals surface area contributed by atoms with Crippen LogP contribution in [0.1, 0.15) is 54.6 Å². The van der Waals surface area contributed by atoms with Crippen LogP contribution in [0.4, 0.5) is 0 Å². The Hall–Kier alpha value is -2.61. The lowest BCUT2D eigenvalue weighted by Gasteiger charge is -2.47. The van der Waals surface area contributed by atoms with Crippen LogP contribution in [0.15, 0.2) is 48.5 Å². The molecule has 0 saturated carbocycles. The van der Waals surface area contributed by atoms with Crippen LogP contribution in [0.2, 0.25) is 5.02 Å². The zero-order chi connectivity index (χ0) is 24.8. The first-order chi connectivity index (χ1) is 16.9. The molecular formula is C27H33ClN2O5. The van der Waals surface area contributed by atoms with Crippen LogP contribution in [0.25, 0.3) is 0 Å². The number of piperidine rings is 1. The average Bonchev–Trinajstić information content (AvgIpc) is 2.89. The number of benzene rings is 2. The fourth-order valence-electron chi connectivity index (χ4n) is 4.97. The zero-order valence-electron chi connectivity index (χ0n) is 20.3. The molecule has 1 unspecified atom stereocenters. The van der Waals surface area contributed by atoms with Gasteiger partial charge in [0.15, 0.2) is 0 Å². The summed E-state index contributed by atoms with van der Waals surface area (Å²) in [6.45, 7) is 4.65. The van der Waals surface area contributed by atoms with Crippen molar-refractivity contribution in [1.82, 2.24) is 10.2 Å². The fourth-order valence-corrected chi connectivity index (χ4v) is 5.15. The molecule has 0 aromatic heterocycles. The predicted octanol–water partition coefficient (Wildman–Crippen LogP) is 4.40. The number of amides is 1. The molecule has 1 N–H and O–H groups in total. The van der Waals surface area contributed by atoms with E-state index in [0.717, 1.165) is 37.2 Å². The van der Waals surface area contributed by atoms with E-state index in [-0.39, 0.29) is 24.0 Å². The number of hydrogen-bond donors (Lipinski definition) is 1. The van der Waals surface area contributed by atoms with Gasteiger partial charge in [0.1, 0.15) is 17.4 Å². The van der Waals surface area contributed by atoms with Crippen LogP contribution in [-0.4, -0.2) is 61.8 Å². The molecule has 8 heteroatoms. The smallest absolute Gasteiger partial charge is 0.337 e. The predicted molar refractivity (Wildman–Crippen MR) is 134 cm³/mol. The standard InChI is InChI=1S/C27H33ClN2O5/c1-19(20-6-8-21(9-7-20)25(31)33-2)29-26(32)27(12-16-34-17-13-27)30-14-10-23(11-15-30)35-24-5-3-4-22(28)18-24/h3-9,18-19,23H,10-17H2,1-2H3,(H,29,32). The third kappa shape index (κ3) is 5.97. The number of nitrogens with zero attached hydrogens (tertiary/aromatic N) is 1. The molecule has 2 fully saturated rings. The van der Waals surface area contributed by atoms with Crippen molar-refractivity contribution in [2.75, 3.05) is 33.4 Å². The van der Waals surface area contributed by atoms with Gasteiger partial charge in [-0.05, 0) is 68.5 Å². The van der Waals surface area contributed by atoms with E-state index >= 15 is 0 Å². The molecule has 7 nitrogen and oxygen atoms in total. The van der Waals surface area contributed by atoms with Crippen molar-refractivity contribution >= 4 is 23.5 Å². The molecule has 2 aromatic rings. The van der Waals surface area contributed by atoms with Gasteiger partial charge in [-0.2, -0.15) is 0 Å². The van der Waals surface area contributed by atoms with Crippen LogP contribution in [0.5, 0.6) is 5.75 Å². The molecule has 2 aromatic carbocycles. The van der Waals surface area contributed by atoms with E-state index in [0.29, 0.717) is 36.6 Å². The lowest BCUT2D eigenvalue weighted by Crippen LogP contribution is -2.63. The summed E-state index contributed by atoms with van der Waals surface area (Å²) >= 11 is 6.09. The van der Waals surface area contributed by atoms with Crippen molar-refractivity contribution in [3.8, 4) is 5.75 Å². The molecule has 1 atom stereocenters. The van der Waals surface area contributed by atoms with Gasteiger partial charge in [-0.25, -0.2) is 4.79 Å². The van der Waals surface area contributed by atoms with E-state index < -0.39 is 5.54 Å². The molecule has 35 heavy (non-hydrogen) atoms. The van der Waals surface area contributed by atoms with Crippen molar-refractivity contribution in [3.63, 3.8) is 0 Å². The average molecular weight is 501 g/mol. The Balaban J connectivity index is 1.40. The summed E-state index contributed by atoms with van der Waals surface area (Å²) in [4.78, 5) is 27.7. The summed E-state index contributed by atoms with van der Waals surface area (Å²) in [6, 6.07) is 14.4. The van der Waals surface area contributed by atoms with Crippen LogP contribution in [0.3, 0.4) is 0 Å². The lowest BCUT2D eigenvalue weighted by molar-refractivity contribution is -0.143. The first-order valence-electron chi connectivity index (χ1n) is 12.2. The molecule has 2 aliphatic rings. The molecule has 4 rings (SSSR count). The topological polar surface area (TPSA) is 77.1 Å². The number of methoxy groups -OCH3 is 1. The number of hydrogen-bond acceptors (Lipinski definition) is 6. The number of likely N-dealkylation sites (tertiary alicyclic amines) is 1. The van der Waals surface area contributed by atoms with Gasteiger partial charge in [0, 0.05) is 31.3 Å². The largest absolute Gasteiger partial charge is 0.490 e. The number of ether oxygens (including phenoxy) is 3. The number of carbonyl (C=O) groups excluding carboxylic acids is 2. The maximum absolute atomic E-state index is 13.7. The maximum atomic E-state index is 13.7. The molecule has 1 amide bonds. The number of carbonyl (C=O) groups is 2. The Morgan fingerprint density at radius 2 is 1.80 bits per heavy atom. The lowest BCUT2D eigenvalue weighted by atomic mass is 9.84. The second-order valence-corrected chi connectivity index (χ2v) is 9.65. The van der Waals surface area contributed by atoms with Crippen LogP contribution in [-0.2, 0) is 14.3 Å². The summed E-state index contributed by atoms with van der Waals surface area (Å²) in [5.74, 6) is 0.429. The molecule has 0 bridgehead atoms. The van der Waals surface area contributed by atoms with Gasteiger partial charge in [-0.3, -0.25) is 9.69 Å². The molecule has 0 radical (unpaired) electrons. The Labute approximate surface area is 211 Å². The van der Waals surface area contributed by atoms with E-state index in [2.05, 4.69) is 10.2 Å². The summed E-state index contributed by atoms with van der Waals surface area (Å²) < 4.78 is 16.5. The molecule has 188 valence electrons. The van der Waals surface area contributed by atoms with E-state index in [1.165, 1.54) is 7.11 Å². The zero-order valence-corrected chi connectivity index (χ0v) is 21.1. The van der Waals surface area contributed by atoms with Gasteiger partial charge in [-0.1, -0.05) is 29.8 Å². The minimum absolute atomic E-state index is 0.0274. The number of nitrogens with one attached hydrogen (secondary N) is 1. The molecule has 2 saturated heterocycles.